The topological polar surface area (TPSA) is 20.2 Å². The van der Waals surface area contributed by atoms with Crippen LogP contribution in [0.5, 0.6) is 5.75 Å². The summed E-state index contributed by atoms with van der Waals surface area (Å²) in [7, 11) is 0. The van der Waals surface area contributed by atoms with Gasteiger partial charge in [-0.1, -0.05) is 72.8 Å². The van der Waals surface area contributed by atoms with E-state index in [9.17, 15) is 5.11 Å². The molecule has 1 N–H and O–H groups in total. The van der Waals surface area contributed by atoms with E-state index in [2.05, 4.69) is 47.1 Å². The van der Waals surface area contributed by atoms with Crippen molar-refractivity contribution in [2.24, 2.45) is 0 Å². The van der Waals surface area contributed by atoms with Crippen molar-refractivity contribution in [1.82, 2.24) is 0 Å². The standard InChI is InChI=1S/C20H17BrO/c1-20(15-9-4-2-5-10-15,16-11-6-3-7-12-16)17-13-8-14-18(21)19(17)22/h2-14,22H,1H3. The zero-order valence-corrected chi connectivity index (χ0v) is 13.9. The van der Waals surface area contributed by atoms with Gasteiger partial charge in [0.1, 0.15) is 5.75 Å². The van der Waals surface area contributed by atoms with Crippen molar-refractivity contribution in [3.8, 4) is 5.75 Å². The summed E-state index contributed by atoms with van der Waals surface area (Å²) in [6.07, 6.45) is 0. The van der Waals surface area contributed by atoms with Crippen molar-refractivity contribution < 1.29 is 5.11 Å². The van der Waals surface area contributed by atoms with Gasteiger partial charge in [0, 0.05) is 11.0 Å². The molecule has 0 aliphatic heterocycles. The highest BCUT2D eigenvalue weighted by Gasteiger charge is 2.33. The Morgan fingerprint density at radius 2 is 1.23 bits per heavy atom. The van der Waals surface area contributed by atoms with Crippen molar-refractivity contribution in [1.29, 1.82) is 0 Å². The van der Waals surface area contributed by atoms with Gasteiger partial charge in [-0.15, -0.1) is 0 Å². The molecule has 3 aromatic carbocycles. The highest BCUT2D eigenvalue weighted by molar-refractivity contribution is 9.10. The molecule has 3 aromatic rings. The van der Waals surface area contributed by atoms with E-state index in [-0.39, 0.29) is 5.75 Å². The van der Waals surface area contributed by atoms with Gasteiger partial charge in [0.2, 0.25) is 0 Å². The minimum atomic E-state index is -0.420. The molecule has 0 heterocycles. The van der Waals surface area contributed by atoms with Crippen molar-refractivity contribution >= 4 is 15.9 Å². The normalized spacial score (nSPS) is 11.4. The first-order valence-electron chi connectivity index (χ1n) is 7.23. The number of rotatable bonds is 3. The van der Waals surface area contributed by atoms with Crippen LogP contribution in [0.25, 0.3) is 0 Å². The number of aromatic hydroxyl groups is 1. The average molecular weight is 353 g/mol. The molecule has 0 spiro atoms. The number of phenolic OH excluding ortho intramolecular Hbond substituents is 1. The summed E-state index contributed by atoms with van der Waals surface area (Å²) < 4.78 is 0.711. The molecular formula is C20H17BrO. The molecule has 0 saturated carbocycles. The van der Waals surface area contributed by atoms with Crippen molar-refractivity contribution in [2.45, 2.75) is 12.3 Å². The Kier molecular flexibility index (Phi) is 4.04. The monoisotopic (exact) mass is 352 g/mol. The van der Waals surface area contributed by atoms with Crippen LogP contribution in [0.2, 0.25) is 0 Å². The molecule has 0 aliphatic carbocycles. The molecule has 110 valence electrons. The zero-order valence-electron chi connectivity index (χ0n) is 12.3. The van der Waals surface area contributed by atoms with Gasteiger partial charge in [0.25, 0.3) is 0 Å². The van der Waals surface area contributed by atoms with Crippen LogP contribution in [0, 0.1) is 0 Å². The summed E-state index contributed by atoms with van der Waals surface area (Å²) in [6, 6.07) is 26.4. The molecule has 0 unspecified atom stereocenters. The molecule has 1 nitrogen and oxygen atoms in total. The SMILES string of the molecule is CC(c1ccccc1)(c1ccccc1)c1cccc(Br)c1O. The first-order valence-corrected chi connectivity index (χ1v) is 8.02. The quantitative estimate of drug-likeness (QED) is 0.616. The lowest BCUT2D eigenvalue weighted by Crippen LogP contribution is -2.25. The maximum absolute atomic E-state index is 10.6. The molecule has 0 aromatic heterocycles. The molecule has 3 rings (SSSR count). The fourth-order valence-electron chi connectivity index (χ4n) is 2.94. The Morgan fingerprint density at radius 3 is 1.73 bits per heavy atom. The van der Waals surface area contributed by atoms with E-state index in [0.717, 1.165) is 16.7 Å². The molecule has 22 heavy (non-hydrogen) atoms. The molecule has 0 bridgehead atoms. The van der Waals surface area contributed by atoms with Crippen LogP contribution in [-0.4, -0.2) is 5.11 Å². The first-order chi connectivity index (χ1) is 10.6. The minimum absolute atomic E-state index is 0.290. The number of benzene rings is 3. The van der Waals surface area contributed by atoms with Gasteiger partial charge in [-0.3, -0.25) is 0 Å². The number of hydrogen-bond donors (Lipinski definition) is 1. The lowest BCUT2D eigenvalue weighted by atomic mass is 9.71. The van der Waals surface area contributed by atoms with E-state index in [0.29, 0.717) is 4.47 Å². The van der Waals surface area contributed by atoms with E-state index in [1.807, 2.05) is 54.6 Å². The number of hydrogen-bond acceptors (Lipinski definition) is 1. The van der Waals surface area contributed by atoms with Crippen LogP contribution >= 0.6 is 15.9 Å². The summed E-state index contributed by atoms with van der Waals surface area (Å²) in [6.45, 7) is 2.15. The van der Waals surface area contributed by atoms with Gasteiger partial charge >= 0.3 is 0 Å². The Balaban J connectivity index is 2.31. The Bertz CT molecular complexity index is 727. The maximum Gasteiger partial charge on any atom is 0.134 e. The third-order valence-electron chi connectivity index (χ3n) is 4.23. The molecule has 0 radical (unpaired) electrons. The lowest BCUT2D eigenvalue weighted by molar-refractivity contribution is 0.454. The van der Waals surface area contributed by atoms with Crippen molar-refractivity contribution in [2.75, 3.05) is 0 Å². The minimum Gasteiger partial charge on any atom is -0.506 e. The van der Waals surface area contributed by atoms with Crippen LogP contribution in [0.4, 0.5) is 0 Å². The molecule has 0 atom stereocenters. The van der Waals surface area contributed by atoms with Crippen LogP contribution in [0.3, 0.4) is 0 Å². The Morgan fingerprint density at radius 1 is 0.727 bits per heavy atom. The molecule has 0 saturated heterocycles. The summed E-state index contributed by atoms with van der Waals surface area (Å²) in [5.74, 6) is 0.290. The zero-order chi connectivity index (χ0) is 15.6. The van der Waals surface area contributed by atoms with E-state index >= 15 is 0 Å². The Hall–Kier alpha value is -2.06. The van der Waals surface area contributed by atoms with Gasteiger partial charge < -0.3 is 5.11 Å². The molecule has 0 fully saturated rings. The second-order valence-corrected chi connectivity index (χ2v) is 6.35. The molecule has 0 aliphatic rings. The van der Waals surface area contributed by atoms with E-state index < -0.39 is 5.41 Å². The molecule has 0 amide bonds. The van der Waals surface area contributed by atoms with Gasteiger partial charge in [0.15, 0.2) is 0 Å². The van der Waals surface area contributed by atoms with Crippen molar-refractivity contribution in [3.05, 3.63) is 100 Å². The largest absolute Gasteiger partial charge is 0.506 e. The molecular weight excluding hydrogens is 336 g/mol. The van der Waals surface area contributed by atoms with Crippen LogP contribution in [0.1, 0.15) is 23.6 Å². The second-order valence-electron chi connectivity index (χ2n) is 5.49. The highest BCUT2D eigenvalue weighted by atomic mass is 79.9. The fraction of sp³-hybridized carbons (Fsp3) is 0.100. The van der Waals surface area contributed by atoms with Crippen LogP contribution < -0.4 is 0 Å². The highest BCUT2D eigenvalue weighted by Crippen LogP contribution is 2.44. The molecule has 2 heteroatoms. The summed E-state index contributed by atoms with van der Waals surface area (Å²) in [5.41, 5.74) is 2.76. The predicted octanol–water partition coefficient (Wildman–Crippen LogP) is 5.51. The van der Waals surface area contributed by atoms with Gasteiger partial charge in [-0.25, -0.2) is 0 Å². The average Bonchev–Trinajstić information content (AvgIpc) is 2.58. The number of halogens is 1. The maximum atomic E-state index is 10.6. The predicted molar refractivity (Wildman–Crippen MR) is 94.2 cm³/mol. The number of para-hydroxylation sites is 1. The summed E-state index contributed by atoms with van der Waals surface area (Å²) >= 11 is 3.43. The van der Waals surface area contributed by atoms with Crippen LogP contribution in [0.15, 0.2) is 83.3 Å². The van der Waals surface area contributed by atoms with Gasteiger partial charge in [-0.05, 0) is 40.0 Å². The summed E-state index contributed by atoms with van der Waals surface area (Å²) in [5, 5.41) is 10.6. The lowest BCUT2D eigenvalue weighted by Gasteiger charge is -2.32. The van der Waals surface area contributed by atoms with Gasteiger partial charge in [0.05, 0.1) is 4.47 Å². The third kappa shape index (κ3) is 2.44. The fourth-order valence-corrected chi connectivity index (χ4v) is 3.31. The van der Waals surface area contributed by atoms with Crippen LogP contribution in [-0.2, 0) is 5.41 Å². The summed E-state index contributed by atoms with van der Waals surface area (Å²) in [4.78, 5) is 0. The van der Waals surface area contributed by atoms with E-state index in [1.165, 1.54) is 0 Å². The first kappa shape index (κ1) is 14.9. The smallest absolute Gasteiger partial charge is 0.134 e. The second kappa shape index (κ2) is 5.98. The van der Waals surface area contributed by atoms with Gasteiger partial charge in [-0.2, -0.15) is 0 Å². The Labute approximate surface area is 139 Å². The van der Waals surface area contributed by atoms with E-state index in [4.69, 9.17) is 0 Å². The number of phenols is 1. The van der Waals surface area contributed by atoms with E-state index in [1.54, 1.807) is 0 Å². The van der Waals surface area contributed by atoms with Crippen molar-refractivity contribution in [3.63, 3.8) is 0 Å². The third-order valence-corrected chi connectivity index (χ3v) is 4.87.